The standard InChI is InChI=1S/C29H48O4/c1-3-5-24-32-28(30)22-16-9-7-12-18-26(27-20-14-11-15-21-27)19-13-8-10-17-23-29(31)33-25-6-4-2/h11,14-15,20-21,26H,3-10,12-13,16-19,22-25H2,1-2H3. The van der Waals surface area contributed by atoms with Crippen LogP contribution in [0.15, 0.2) is 30.3 Å². The molecule has 0 bridgehead atoms. The summed E-state index contributed by atoms with van der Waals surface area (Å²) >= 11 is 0. The molecule has 0 aliphatic heterocycles. The van der Waals surface area contributed by atoms with Gasteiger partial charge in [0.25, 0.3) is 0 Å². The first-order chi connectivity index (χ1) is 16.2. The van der Waals surface area contributed by atoms with Gasteiger partial charge < -0.3 is 9.47 Å². The Labute approximate surface area is 202 Å². The van der Waals surface area contributed by atoms with E-state index in [-0.39, 0.29) is 11.9 Å². The Morgan fingerprint density at radius 3 is 1.55 bits per heavy atom. The van der Waals surface area contributed by atoms with Gasteiger partial charge in [0, 0.05) is 12.8 Å². The van der Waals surface area contributed by atoms with Crippen molar-refractivity contribution in [3.8, 4) is 0 Å². The van der Waals surface area contributed by atoms with Crippen LogP contribution in [0.25, 0.3) is 0 Å². The van der Waals surface area contributed by atoms with Gasteiger partial charge >= 0.3 is 11.9 Å². The van der Waals surface area contributed by atoms with E-state index in [1.807, 2.05) is 0 Å². The SMILES string of the molecule is CCCCOC(=O)CCCCCCC(CCCCCCC(=O)OCCCC)c1ccccc1. The van der Waals surface area contributed by atoms with Crippen molar-refractivity contribution >= 4 is 11.9 Å². The number of esters is 2. The number of ether oxygens (including phenoxy) is 2. The Hall–Kier alpha value is -1.84. The molecule has 0 N–H and O–H groups in total. The molecule has 0 saturated heterocycles. The van der Waals surface area contributed by atoms with E-state index in [0.29, 0.717) is 32.0 Å². The molecule has 188 valence electrons. The lowest BCUT2D eigenvalue weighted by atomic mass is 9.88. The van der Waals surface area contributed by atoms with Gasteiger partial charge in [0.2, 0.25) is 0 Å². The second-order valence-electron chi connectivity index (χ2n) is 9.16. The predicted molar refractivity (Wildman–Crippen MR) is 136 cm³/mol. The average Bonchev–Trinajstić information content (AvgIpc) is 2.83. The van der Waals surface area contributed by atoms with Crippen LogP contribution in [0.4, 0.5) is 0 Å². The number of carbonyl (C=O) groups is 2. The number of carbonyl (C=O) groups excluding carboxylic acids is 2. The van der Waals surface area contributed by atoms with E-state index < -0.39 is 0 Å². The van der Waals surface area contributed by atoms with Gasteiger partial charge in [0.1, 0.15) is 0 Å². The molecule has 1 rings (SSSR count). The zero-order chi connectivity index (χ0) is 24.0. The zero-order valence-corrected chi connectivity index (χ0v) is 21.3. The number of benzene rings is 1. The van der Waals surface area contributed by atoms with E-state index in [2.05, 4.69) is 44.2 Å². The highest BCUT2D eigenvalue weighted by molar-refractivity contribution is 5.69. The summed E-state index contributed by atoms with van der Waals surface area (Å²) in [6, 6.07) is 10.9. The van der Waals surface area contributed by atoms with Gasteiger partial charge in [-0.2, -0.15) is 0 Å². The molecule has 0 fully saturated rings. The van der Waals surface area contributed by atoms with Gasteiger partial charge in [0.05, 0.1) is 13.2 Å². The fourth-order valence-electron chi connectivity index (χ4n) is 4.04. The van der Waals surface area contributed by atoms with Crippen LogP contribution < -0.4 is 0 Å². The third-order valence-electron chi connectivity index (χ3n) is 6.16. The quantitative estimate of drug-likeness (QED) is 0.137. The summed E-state index contributed by atoms with van der Waals surface area (Å²) in [6.07, 6.45) is 16.4. The monoisotopic (exact) mass is 460 g/mol. The molecule has 0 aromatic heterocycles. The predicted octanol–water partition coefficient (Wildman–Crippen LogP) is 8.14. The fourth-order valence-corrected chi connectivity index (χ4v) is 4.04. The Bertz CT molecular complexity index is 565. The summed E-state index contributed by atoms with van der Waals surface area (Å²) in [4.78, 5) is 23.4. The molecule has 0 saturated carbocycles. The van der Waals surface area contributed by atoms with Crippen molar-refractivity contribution in [1.82, 2.24) is 0 Å². The van der Waals surface area contributed by atoms with Crippen molar-refractivity contribution in [2.75, 3.05) is 13.2 Å². The van der Waals surface area contributed by atoms with Crippen LogP contribution in [0, 0.1) is 0 Å². The number of unbranched alkanes of at least 4 members (excludes halogenated alkanes) is 8. The Kier molecular flexibility index (Phi) is 18.4. The molecule has 0 spiro atoms. The molecule has 0 radical (unpaired) electrons. The van der Waals surface area contributed by atoms with Gasteiger partial charge in [-0.3, -0.25) is 9.59 Å². The molecule has 0 amide bonds. The summed E-state index contributed by atoms with van der Waals surface area (Å²) < 4.78 is 10.5. The lowest BCUT2D eigenvalue weighted by Gasteiger charge is -2.17. The van der Waals surface area contributed by atoms with Crippen LogP contribution >= 0.6 is 0 Å². The largest absolute Gasteiger partial charge is 0.466 e. The molecule has 0 aliphatic rings. The molecule has 0 unspecified atom stereocenters. The van der Waals surface area contributed by atoms with E-state index in [0.717, 1.165) is 51.4 Å². The molecule has 1 aromatic carbocycles. The van der Waals surface area contributed by atoms with Crippen LogP contribution in [0.5, 0.6) is 0 Å². The van der Waals surface area contributed by atoms with Crippen molar-refractivity contribution in [2.24, 2.45) is 0 Å². The van der Waals surface area contributed by atoms with E-state index in [1.165, 1.54) is 44.1 Å². The summed E-state index contributed by atoms with van der Waals surface area (Å²) in [7, 11) is 0. The van der Waals surface area contributed by atoms with E-state index in [1.54, 1.807) is 0 Å². The van der Waals surface area contributed by atoms with Crippen molar-refractivity contribution in [2.45, 2.75) is 122 Å². The van der Waals surface area contributed by atoms with E-state index in [4.69, 9.17) is 9.47 Å². The highest BCUT2D eigenvalue weighted by Crippen LogP contribution is 2.28. The van der Waals surface area contributed by atoms with Crippen LogP contribution in [0.3, 0.4) is 0 Å². The normalized spacial score (nSPS) is 11.0. The van der Waals surface area contributed by atoms with Crippen LogP contribution in [0.2, 0.25) is 0 Å². The van der Waals surface area contributed by atoms with Crippen LogP contribution in [0.1, 0.15) is 128 Å². The third kappa shape index (κ3) is 16.4. The third-order valence-corrected chi connectivity index (χ3v) is 6.16. The first-order valence-electron chi connectivity index (χ1n) is 13.5. The molecule has 33 heavy (non-hydrogen) atoms. The molecule has 0 atom stereocenters. The second kappa shape index (κ2) is 20.7. The molecular weight excluding hydrogens is 412 g/mol. The Morgan fingerprint density at radius 1 is 0.636 bits per heavy atom. The highest BCUT2D eigenvalue weighted by atomic mass is 16.5. The first-order valence-corrected chi connectivity index (χ1v) is 13.5. The molecule has 4 heteroatoms. The summed E-state index contributed by atoms with van der Waals surface area (Å²) in [5.41, 5.74) is 1.44. The number of hydrogen-bond donors (Lipinski definition) is 0. The maximum Gasteiger partial charge on any atom is 0.305 e. The number of hydrogen-bond acceptors (Lipinski definition) is 4. The minimum atomic E-state index is -0.0418. The minimum absolute atomic E-state index is 0.0418. The lowest BCUT2D eigenvalue weighted by Crippen LogP contribution is -2.05. The number of rotatable bonds is 21. The second-order valence-corrected chi connectivity index (χ2v) is 9.16. The van der Waals surface area contributed by atoms with Crippen molar-refractivity contribution in [1.29, 1.82) is 0 Å². The fraction of sp³-hybridized carbons (Fsp3) is 0.724. The smallest absolute Gasteiger partial charge is 0.305 e. The maximum absolute atomic E-state index is 11.7. The zero-order valence-electron chi connectivity index (χ0n) is 21.3. The molecule has 4 nitrogen and oxygen atoms in total. The average molecular weight is 461 g/mol. The highest BCUT2D eigenvalue weighted by Gasteiger charge is 2.11. The van der Waals surface area contributed by atoms with E-state index in [9.17, 15) is 9.59 Å². The van der Waals surface area contributed by atoms with Crippen molar-refractivity contribution in [3.63, 3.8) is 0 Å². The molecule has 0 heterocycles. The summed E-state index contributed by atoms with van der Waals surface area (Å²) in [5, 5.41) is 0. The van der Waals surface area contributed by atoms with Crippen LogP contribution in [-0.2, 0) is 19.1 Å². The first kappa shape index (κ1) is 29.2. The van der Waals surface area contributed by atoms with Gasteiger partial charge in [-0.15, -0.1) is 0 Å². The van der Waals surface area contributed by atoms with Crippen molar-refractivity contribution in [3.05, 3.63) is 35.9 Å². The van der Waals surface area contributed by atoms with Gasteiger partial charge in [-0.25, -0.2) is 0 Å². The minimum Gasteiger partial charge on any atom is -0.466 e. The van der Waals surface area contributed by atoms with E-state index >= 15 is 0 Å². The Balaban J connectivity index is 2.19. The van der Waals surface area contributed by atoms with Crippen molar-refractivity contribution < 1.29 is 19.1 Å². The molecular formula is C29H48O4. The van der Waals surface area contributed by atoms with Gasteiger partial charge in [0.15, 0.2) is 0 Å². The maximum atomic E-state index is 11.7. The summed E-state index contributed by atoms with van der Waals surface area (Å²) in [5.74, 6) is 0.517. The molecule has 1 aromatic rings. The van der Waals surface area contributed by atoms with Gasteiger partial charge in [-0.1, -0.05) is 95.5 Å². The lowest BCUT2D eigenvalue weighted by molar-refractivity contribution is -0.144. The van der Waals surface area contributed by atoms with Crippen LogP contribution in [-0.4, -0.2) is 25.2 Å². The topological polar surface area (TPSA) is 52.6 Å². The summed E-state index contributed by atoms with van der Waals surface area (Å²) in [6.45, 7) is 5.34. The molecule has 0 aliphatic carbocycles. The van der Waals surface area contributed by atoms with Gasteiger partial charge in [-0.05, 0) is 50.0 Å². The Morgan fingerprint density at radius 2 is 1.09 bits per heavy atom.